The Hall–Kier alpha value is -0.940. The van der Waals surface area contributed by atoms with Gasteiger partial charge < -0.3 is 10.5 Å². The second kappa shape index (κ2) is 4.93. The van der Waals surface area contributed by atoms with Gasteiger partial charge in [-0.2, -0.15) is 5.10 Å². The van der Waals surface area contributed by atoms with Crippen LogP contribution in [0.4, 0.5) is 0 Å². The third-order valence-electron chi connectivity index (χ3n) is 2.97. The summed E-state index contributed by atoms with van der Waals surface area (Å²) in [5.41, 5.74) is 5.60. The Balaban J connectivity index is 2.08. The number of nitrogens with two attached hydrogens (primary N) is 1. The monoisotopic (exact) mass is 224 g/mol. The molecule has 0 amide bonds. The van der Waals surface area contributed by atoms with Crippen molar-refractivity contribution in [2.75, 3.05) is 6.54 Å². The van der Waals surface area contributed by atoms with E-state index < -0.39 is 0 Å². The van der Waals surface area contributed by atoms with Crippen molar-refractivity contribution in [1.82, 2.24) is 14.8 Å². The molecule has 2 heterocycles. The van der Waals surface area contributed by atoms with Gasteiger partial charge in [-0.1, -0.05) is 6.92 Å². The van der Waals surface area contributed by atoms with Crippen LogP contribution < -0.4 is 5.73 Å². The van der Waals surface area contributed by atoms with Crippen LogP contribution in [-0.2, 0) is 18.2 Å². The first kappa shape index (κ1) is 11.5. The van der Waals surface area contributed by atoms with Crippen LogP contribution in [0.2, 0.25) is 0 Å². The first-order chi connectivity index (χ1) is 7.74. The zero-order valence-electron chi connectivity index (χ0n) is 10.0. The summed E-state index contributed by atoms with van der Waals surface area (Å²) in [4.78, 5) is 4.54. The van der Waals surface area contributed by atoms with Gasteiger partial charge in [0.2, 0.25) is 0 Å². The van der Waals surface area contributed by atoms with Gasteiger partial charge in [-0.15, -0.1) is 0 Å². The molecule has 2 unspecified atom stereocenters. The Morgan fingerprint density at radius 1 is 1.50 bits per heavy atom. The van der Waals surface area contributed by atoms with Gasteiger partial charge >= 0.3 is 0 Å². The van der Waals surface area contributed by atoms with Gasteiger partial charge in [0.15, 0.2) is 11.6 Å². The van der Waals surface area contributed by atoms with Crippen molar-refractivity contribution < 1.29 is 4.74 Å². The molecule has 0 radical (unpaired) electrons. The minimum absolute atomic E-state index is 0.0802. The maximum atomic E-state index is 5.82. The Bertz CT molecular complexity index is 350. The summed E-state index contributed by atoms with van der Waals surface area (Å²) in [7, 11) is 1.93. The van der Waals surface area contributed by atoms with E-state index in [9.17, 15) is 0 Å². The van der Waals surface area contributed by atoms with Crippen LogP contribution in [0.3, 0.4) is 0 Å². The molecule has 0 bridgehead atoms. The summed E-state index contributed by atoms with van der Waals surface area (Å²) in [5.74, 6) is 1.86. The average molecular weight is 224 g/mol. The van der Waals surface area contributed by atoms with E-state index in [2.05, 4.69) is 17.0 Å². The van der Waals surface area contributed by atoms with Gasteiger partial charge in [0.25, 0.3) is 0 Å². The predicted molar refractivity (Wildman–Crippen MR) is 60.9 cm³/mol. The number of hydrogen-bond donors (Lipinski definition) is 1. The standard InChI is InChI=1S/C11H20N4O/c1-3-4-10-13-11(15(2)14-10)9-6-5-8(7-12)16-9/h8-9H,3-7,12H2,1-2H3. The van der Waals surface area contributed by atoms with Crippen LogP contribution >= 0.6 is 0 Å². The summed E-state index contributed by atoms with van der Waals surface area (Å²) in [6.45, 7) is 2.72. The fourth-order valence-corrected chi connectivity index (χ4v) is 2.13. The molecule has 2 rings (SSSR count). The number of nitrogens with zero attached hydrogens (tertiary/aromatic N) is 3. The van der Waals surface area contributed by atoms with Crippen molar-refractivity contribution in [3.8, 4) is 0 Å². The van der Waals surface area contributed by atoms with Crippen LogP contribution in [0.25, 0.3) is 0 Å². The third kappa shape index (κ3) is 2.25. The highest BCUT2D eigenvalue weighted by Crippen LogP contribution is 2.30. The van der Waals surface area contributed by atoms with E-state index in [4.69, 9.17) is 10.5 Å². The molecule has 16 heavy (non-hydrogen) atoms. The van der Waals surface area contributed by atoms with Crippen LogP contribution in [0.15, 0.2) is 0 Å². The Labute approximate surface area is 96.0 Å². The number of aryl methyl sites for hydroxylation is 2. The first-order valence-electron chi connectivity index (χ1n) is 6.00. The van der Waals surface area contributed by atoms with Gasteiger partial charge in [-0.05, 0) is 19.3 Å². The molecule has 5 nitrogen and oxygen atoms in total. The number of ether oxygens (including phenoxy) is 1. The van der Waals surface area contributed by atoms with Crippen LogP contribution in [-0.4, -0.2) is 27.4 Å². The normalized spacial score (nSPS) is 25.2. The molecule has 2 N–H and O–H groups in total. The lowest BCUT2D eigenvalue weighted by Gasteiger charge is -2.10. The molecule has 1 aromatic heterocycles. The lowest BCUT2D eigenvalue weighted by atomic mass is 10.2. The van der Waals surface area contributed by atoms with Crippen LogP contribution in [0.5, 0.6) is 0 Å². The average Bonchev–Trinajstić information content (AvgIpc) is 2.85. The van der Waals surface area contributed by atoms with Crippen molar-refractivity contribution in [3.05, 3.63) is 11.6 Å². The highest BCUT2D eigenvalue weighted by Gasteiger charge is 2.29. The van der Waals surface area contributed by atoms with E-state index in [0.29, 0.717) is 6.54 Å². The summed E-state index contributed by atoms with van der Waals surface area (Å²) >= 11 is 0. The molecule has 1 aliphatic rings. The molecular weight excluding hydrogens is 204 g/mol. The minimum atomic E-state index is 0.0802. The first-order valence-corrected chi connectivity index (χ1v) is 6.00. The quantitative estimate of drug-likeness (QED) is 0.826. The summed E-state index contributed by atoms with van der Waals surface area (Å²) in [5, 5.41) is 4.39. The van der Waals surface area contributed by atoms with Crippen LogP contribution in [0.1, 0.15) is 43.9 Å². The van der Waals surface area contributed by atoms with Gasteiger partial charge in [-0.25, -0.2) is 4.98 Å². The number of rotatable bonds is 4. The van der Waals surface area contributed by atoms with E-state index in [1.165, 1.54) is 0 Å². The SMILES string of the molecule is CCCc1nc(C2CCC(CN)O2)n(C)n1. The van der Waals surface area contributed by atoms with Gasteiger partial charge in [0.1, 0.15) is 6.10 Å². The minimum Gasteiger partial charge on any atom is -0.366 e. The van der Waals surface area contributed by atoms with Gasteiger partial charge in [-0.3, -0.25) is 4.68 Å². The highest BCUT2D eigenvalue weighted by molar-refractivity contribution is 4.99. The molecule has 1 fully saturated rings. The number of hydrogen-bond acceptors (Lipinski definition) is 4. The molecule has 0 aromatic carbocycles. The molecule has 1 saturated heterocycles. The second-order valence-electron chi connectivity index (χ2n) is 4.32. The maximum absolute atomic E-state index is 5.82. The molecule has 0 spiro atoms. The summed E-state index contributed by atoms with van der Waals surface area (Å²) in [6, 6.07) is 0. The fraction of sp³-hybridized carbons (Fsp3) is 0.818. The van der Waals surface area contributed by atoms with E-state index in [1.807, 2.05) is 11.7 Å². The largest absolute Gasteiger partial charge is 0.366 e. The zero-order valence-corrected chi connectivity index (χ0v) is 10.0. The van der Waals surface area contributed by atoms with E-state index in [-0.39, 0.29) is 12.2 Å². The second-order valence-corrected chi connectivity index (χ2v) is 4.32. The summed E-state index contributed by atoms with van der Waals surface area (Å²) < 4.78 is 7.66. The lowest BCUT2D eigenvalue weighted by molar-refractivity contribution is 0.0427. The molecular formula is C11H20N4O. The predicted octanol–water partition coefficient (Wildman–Crippen LogP) is 0.946. The summed E-state index contributed by atoms with van der Waals surface area (Å²) in [6.07, 6.45) is 4.30. The van der Waals surface area contributed by atoms with Crippen LogP contribution in [0, 0.1) is 0 Å². The lowest BCUT2D eigenvalue weighted by Crippen LogP contribution is -2.19. The topological polar surface area (TPSA) is 66.0 Å². The molecule has 1 aliphatic heterocycles. The van der Waals surface area contributed by atoms with Crippen molar-refractivity contribution in [3.63, 3.8) is 0 Å². The molecule has 90 valence electrons. The van der Waals surface area contributed by atoms with Crippen molar-refractivity contribution in [2.45, 2.75) is 44.8 Å². The van der Waals surface area contributed by atoms with E-state index in [0.717, 1.165) is 37.3 Å². The molecule has 5 heteroatoms. The number of aromatic nitrogens is 3. The third-order valence-corrected chi connectivity index (χ3v) is 2.97. The van der Waals surface area contributed by atoms with E-state index in [1.54, 1.807) is 0 Å². The Morgan fingerprint density at radius 3 is 2.94 bits per heavy atom. The van der Waals surface area contributed by atoms with Crippen molar-refractivity contribution in [2.24, 2.45) is 12.8 Å². The van der Waals surface area contributed by atoms with Gasteiger partial charge in [0.05, 0.1) is 6.10 Å². The van der Waals surface area contributed by atoms with Gasteiger partial charge in [0, 0.05) is 20.0 Å². The molecule has 0 aliphatic carbocycles. The highest BCUT2D eigenvalue weighted by atomic mass is 16.5. The Morgan fingerprint density at radius 2 is 2.31 bits per heavy atom. The van der Waals surface area contributed by atoms with Crippen molar-refractivity contribution in [1.29, 1.82) is 0 Å². The molecule has 0 saturated carbocycles. The Kier molecular flexibility index (Phi) is 3.56. The fourth-order valence-electron chi connectivity index (χ4n) is 2.13. The zero-order chi connectivity index (χ0) is 11.5. The van der Waals surface area contributed by atoms with E-state index >= 15 is 0 Å². The maximum Gasteiger partial charge on any atom is 0.156 e. The van der Waals surface area contributed by atoms with Crippen molar-refractivity contribution >= 4 is 0 Å². The molecule has 1 aromatic rings. The molecule has 2 atom stereocenters. The smallest absolute Gasteiger partial charge is 0.156 e.